The molecule has 1 aliphatic heterocycles. The van der Waals surface area contributed by atoms with Gasteiger partial charge in [0, 0.05) is 31.7 Å². The minimum absolute atomic E-state index is 0.0919. The number of unbranched alkanes of at least 4 members (excludes halogenated alkanes) is 3. The van der Waals surface area contributed by atoms with E-state index >= 15 is 0 Å². The fourth-order valence-electron chi connectivity index (χ4n) is 2.70. The summed E-state index contributed by atoms with van der Waals surface area (Å²) in [5, 5.41) is 3.37. The summed E-state index contributed by atoms with van der Waals surface area (Å²) in [4.78, 5) is 0. The smallest absolute Gasteiger partial charge is 0.279 e. The van der Waals surface area contributed by atoms with Gasteiger partial charge in [0.25, 0.3) is 10.2 Å². The molecule has 1 saturated heterocycles. The highest BCUT2D eigenvalue weighted by molar-refractivity contribution is 7.87. The largest absolute Gasteiger partial charge is 0.313 e. The normalized spacial score (nSPS) is 21.0. The highest BCUT2D eigenvalue weighted by atomic mass is 32.2. The van der Waals surface area contributed by atoms with Gasteiger partial charge in [-0.05, 0) is 19.3 Å². The van der Waals surface area contributed by atoms with Crippen LogP contribution in [0.1, 0.15) is 65.7 Å². The van der Waals surface area contributed by atoms with Gasteiger partial charge in [-0.3, -0.25) is 0 Å². The number of piperidine rings is 1. The van der Waals surface area contributed by atoms with E-state index in [0.717, 1.165) is 38.6 Å². The summed E-state index contributed by atoms with van der Waals surface area (Å²) in [5.74, 6) is 0. The molecule has 0 aromatic heterocycles. The second kappa shape index (κ2) is 9.77. The van der Waals surface area contributed by atoms with Crippen LogP contribution < -0.4 is 10.0 Å². The summed E-state index contributed by atoms with van der Waals surface area (Å²) in [6.07, 6.45) is 7.40. The summed E-state index contributed by atoms with van der Waals surface area (Å²) in [7, 11) is -3.32. The maximum absolute atomic E-state index is 12.5. The van der Waals surface area contributed by atoms with Crippen LogP contribution in [0.3, 0.4) is 0 Å². The molecule has 0 radical (unpaired) electrons. The van der Waals surface area contributed by atoms with Crippen molar-refractivity contribution in [1.82, 2.24) is 14.3 Å². The molecule has 0 saturated carbocycles. The number of hydrogen-bond donors (Lipinski definition) is 2. The van der Waals surface area contributed by atoms with Gasteiger partial charge in [-0.25, -0.2) is 4.72 Å². The van der Waals surface area contributed by atoms with E-state index in [4.69, 9.17) is 0 Å². The van der Waals surface area contributed by atoms with Gasteiger partial charge < -0.3 is 5.32 Å². The van der Waals surface area contributed by atoms with Gasteiger partial charge in [0.1, 0.15) is 0 Å². The Morgan fingerprint density at radius 3 is 2.62 bits per heavy atom. The van der Waals surface area contributed by atoms with Gasteiger partial charge in [-0.1, -0.05) is 46.5 Å². The van der Waals surface area contributed by atoms with E-state index in [-0.39, 0.29) is 6.04 Å². The molecule has 126 valence electrons. The molecule has 0 aliphatic carbocycles. The lowest BCUT2D eigenvalue weighted by molar-refractivity contribution is 0.239. The summed E-state index contributed by atoms with van der Waals surface area (Å²) in [6.45, 7) is 8.29. The molecule has 0 aromatic rings. The van der Waals surface area contributed by atoms with Gasteiger partial charge in [-0.2, -0.15) is 12.7 Å². The Labute approximate surface area is 131 Å². The molecule has 21 heavy (non-hydrogen) atoms. The van der Waals surface area contributed by atoms with Gasteiger partial charge in [-0.15, -0.1) is 0 Å². The van der Waals surface area contributed by atoms with Crippen molar-refractivity contribution in [2.75, 3.05) is 19.6 Å². The Morgan fingerprint density at radius 1 is 1.19 bits per heavy atom. The Balaban J connectivity index is 2.48. The van der Waals surface area contributed by atoms with E-state index < -0.39 is 10.2 Å². The zero-order chi connectivity index (χ0) is 15.7. The second-order valence-corrected chi connectivity index (χ2v) is 7.99. The third kappa shape index (κ3) is 7.08. The monoisotopic (exact) mass is 319 g/mol. The first kappa shape index (κ1) is 18.9. The van der Waals surface area contributed by atoms with Crippen molar-refractivity contribution in [3.63, 3.8) is 0 Å². The van der Waals surface area contributed by atoms with Crippen LogP contribution in [0.4, 0.5) is 0 Å². The zero-order valence-corrected chi connectivity index (χ0v) is 14.7. The van der Waals surface area contributed by atoms with Crippen LogP contribution in [0.2, 0.25) is 0 Å². The predicted octanol–water partition coefficient (Wildman–Crippen LogP) is 2.25. The Hall–Kier alpha value is -0.170. The first-order chi connectivity index (χ1) is 9.97. The lowest BCUT2D eigenvalue weighted by Crippen LogP contribution is -2.53. The van der Waals surface area contributed by atoms with E-state index in [9.17, 15) is 8.42 Å². The number of rotatable bonds is 10. The molecule has 1 unspecified atom stereocenters. The average molecular weight is 320 g/mol. The molecular formula is C15H33N3O2S. The van der Waals surface area contributed by atoms with Crippen LogP contribution in [0.15, 0.2) is 0 Å². The number of nitrogens with zero attached hydrogens (tertiary/aromatic N) is 1. The first-order valence-corrected chi connectivity index (χ1v) is 9.91. The average Bonchev–Trinajstić information content (AvgIpc) is 2.45. The number of nitrogens with one attached hydrogen (secondary N) is 2. The zero-order valence-electron chi connectivity index (χ0n) is 13.9. The fraction of sp³-hybridized carbons (Fsp3) is 1.00. The topological polar surface area (TPSA) is 61.4 Å². The van der Waals surface area contributed by atoms with E-state index in [2.05, 4.69) is 30.8 Å². The molecule has 1 heterocycles. The quantitative estimate of drug-likeness (QED) is 0.607. The van der Waals surface area contributed by atoms with Crippen LogP contribution in [0.5, 0.6) is 0 Å². The lowest BCUT2D eigenvalue weighted by atomic mass is 10.0. The molecule has 2 N–H and O–H groups in total. The van der Waals surface area contributed by atoms with Crippen LogP contribution in [0, 0.1) is 0 Å². The van der Waals surface area contributed by atoms with Crippen LogP contribution in [-0.4, -0.2) is 44.4 Å². The molecule has 1 aliphatic rings. The molecule has 0 bridgehead atoms. The fourth-order valence-corrected chi connectivity index (χ4v) is 4.21. The van der Waals surface area contributed by atoms with Crippen molar-refractivity contribution in [2.45, 2.75) is 77.8 Å². The maximum atomic E-state index is 12.5. The molecule has 0 spiro atoms. The summed E-state index contributed by atoms with van der Waals surface area (Å²) in [6, 6.07) is 0.479. The van der Waals surface area contributed by atoms with Crippen molar-refractivity contribution < 1.29 is 8.42 Å². The molecule has 1 atom stereocenters. The molecule has 1 rings (SSSR count). The SMILES string of the molecule is CCCCCCNS(=O)(=O)N1CCCCC1CNC(C)C. The minimum Gasteiger partial charge on any atom is -0.313 e. The van der Waals surface area contributed by atoms with E-state index in [1.807, 2.05) is 0 Å². The molecule has 5 nitrogen and oxygen atoms in total. The Kier molecular flexibility index (Phi) is 8.78. The summed E-state index contributed by atoms with van der Waals surface area (Å²) in [5.41, 5.74) is 0. The standard InChI is InChI=1S/C15H33N3O2S/c1-4-5-6-8-11-17-21(19,20)18-12-9-7-10-15(18)13-16-14(2)3/h14-17H,4-13H2,1-3H3. The Bertz CT molecular complexity index is 371. The van der Waals surface area contributed by atoms with Gasteiger partial charge in [0.15, 0.2) is 0 Å². The van der Waals surface area contributed by atoms with Crippen molar-refractivity contribution in [1.29, 1.82) is 0 Å². The predicted molar refractivity (Wildman–Crippen MR) is 88.5 cm³/mol. The van der Waals surface area contributed by atoms with Crippen molar-refractivity contribution in [3.8, 4) is 0 Å². The second-order valence-electron chi connectivity index (χ2n) is 6.28. The summed E-state index contributed by atoms with van der Waals surface area (Å²) >= 11 is 0. The van der Waals surface area contributed by atoms with E-state index in [0.29, 0.717) is 19.1 Å². The lowest BCUT2D eigenvalue weighted by Gasteiger charge is -2.35. The molecule has 6 heteroatoms. The minimum atomic E-state index is -3.32. The van der Waals surface area contributed by atoms with Crippen molar-refractivity contribution in [2.24, 2.45) is 0 Å². The molecular weight excluding hydrogens is 286 g/mol. The van der Waals surface area contributed by atoms with Crippen molar-refractivity contribution >= 4 is 10.2 Å². The van der Waals surface area contributed by atoms with E-state index in [1.165, 1.54) is 12.8 Å². The van der Waals surface area contributed by atoms with Crippen molar-refractivity contribution in [3.05, 3.63) is 0 Å². The number of hydrogen-bond acceptors (Lipinski definition) is 3. The van der Waals surface area contributed by atoms with Gasteiger partial charge >= 0.3 is 0 Å². The Morgan fingerprint density at radius 2 is 1.95 bits per heavy atom. The molecule has 1 fully saturated rings. The van der Waals surface area contributed by atoms with Gasteiger partial charge in [0.05, 0.1) is 0 Å². The highest BCUT2D eigenvalue weighted by Crippen LogP contribution is 2.19. The maximum Gasteiger partial charge on any atom is 0.279 e. The summed E-state index contributed by atoms with van der Waals surface area (Å²) < 4.78 is 29.4. The highest BCUT2D eigenvalue weighted by Gasteiger charge is 2.31. The molecule has 0 aromatic carbocycles. The van der Waals surface area contributed by atoms with Crippen LogP contribution in [0.25, 0.3) is 0 Å². The third-order valence-corrected chi connectivity index (χ3v) is 5.63. The van der Waals surface area contributed by atoms with Gasteiger partial charge in [0.2, 0.25) is 0 Å². The van der Waals surface area contributed by atoms with Crippen LogP contribution in [-0.2, 0) is 10.2 Å². The molecule has 0 amide bonds. The van der Waals surface area contributed by atoms with Crippen LogP contribution >= 0.6 is 0 Å². The van der Waals surface area contributed by atoms with E-state index in [1.54, 1.807) is 4.31 Å². The first-order valence-electron chi connectivity index (χ1n) is 8.47. The third-order valence-electron chi connectivity index (χ3n) is 3.96.